The summed E-state index contributed by atoms with van der Waals surface area (Å²) < 4.78 is 5.63. The quantitative estimate of drug-likeness (QED) is 0.869. The van der Waals surface area contributed by atoms with E-state index in [2.05, 4.69) is 32.9 Å². The van der Waals surface area contributed by atoms with Crippen molar-refractivity contribution in [1.29, 1.82) is 0 Å². The van der Waals surface area contributed by atoms with Crippen molar-refractivity contribution in [2.75, 3.05) is 6.61 Å². The molecule has 0 unspecified atom stereocenters. The van der Waals surface area contributed by atoms with Crippen LogP contribution < -0.4 is 4.74 Å². The molecule has 0 amide bonds. The fourth-order valence-electron chi connectivity index (χ4n) is 2.00. The first kappa shape index (κ1) is 12.4. The van der Waals surface area contributed by atoms with Gasteiger partial charge in [-0.1, -0.05) is 32.9 Å². The fraction of sp³-hybridized carbons (Fsp3) is 0.600. The molecule has 2 heteroatoms. The Balaban J connectivity index is 1.94. The molecule has 0 heterocycles. The predicted molar refractivity (Wildman–Crippen MR) is 69.4 cm³/mol. The lowest BCUT2D eigenvalue weighted by molar-refractivity contribution is -0.0663. The van der Waals surface area contributed by atoms with Crippen molar-refractivity contribution < 1.29 is 9.84 Å². The molecule has 1 aromatic rings. The number of hydrogen-bond donors (Lipinski definition) is 1. The molecule has 2 rings (SSSR count). The second-order valence-corrected chi connectivity index (χ2v) is 6.14. The first-order valence-electron chi connectivity index (χ1n) is 6.35. The zero-order valence-corrected chi connectivity index (χ0v) is 11.0. The average Bonchev–Trinajstić information content (AvgIpc) is 2.23. The maximum absolute atomic E-state index is 9.93. The monoisotopic (exact) mass is 234 g/mol. The van der Waals surface area contributed by atoms with E-state index in [0.717, 1.165) is 25.0 Å². The van der Waals surface area contributed by atoms with E-state index >= 15 is 0 Å². The van der Waals surface area contributed by atoms with E-state index in [4.69, 9.17) is 4.74 Å². The lowest BCUT2D eigenvalue weighted by Gasteiger charge is -2.36. The van der Waals surface area contributed by atoms with Crippen LogP contribution in [0.2, 0.25) is 0 Å². The minimum Gasteiger partial charge on any atom is -0.491 e. The lowest BCUT2D eigenvalue weighted by Crippen LogP contribution is -2.42. The molecule has 0 aromatic heterocycles. The standard InChI is InChI=1S/C15H22O2/c1-14(2,3)12-5-7-13(8-6-12)17-11-15(16)9-4-10-15/h5-8,16H,4,9-11H2,1-3H3. The smallest absolute Gasteiger partial charge is 0.119 e. The molecule has 1 aromatic carbocycles. The molecule has 0 spiro atoms. The van der Waals surface area contributed by atoms with Crippen molar-refractivity contribution in [3.05, 3.63) is 29.8 Å². The summed E-state index contributed by atoms with van der Waals surface area (Å²) in [5.41, 5.74) is 0.903. The van der Waals surface area contributed by atoms with Crippen LogP contribution in [-0.2, 0) is 5.41 Å². The molecular weight excluding hydrogens is 212 g/mol. The summed E-state index contributed by atoms with van der Waals surface area (Å²) in [5.74, 6) is 0.846. The Morgan fingerprint density at radius 3 is 2.18 bits per heavy atom. The van der Waals surface area contributed by atoms with E-state index in [0.29, 0.717) is 6.61 Å². The Morgan fingerprint density at radius 1 is 1.18 bits per heavy atom. The lowest BCUT2D eigenvalue weighted by atomic mass is 9.81. The third kappa shape index (κ3) is 3.01. The number of ether oxygens (including phenoxy) is 1. The molecule has 0 saturated heterocycles. The van der Waals surface area contributed by atoms with Gasteiger partial charge in [-0.2, -0.15) is 0 Å². The number of rotatable bonds is 3. The van der Waals surface area contributed by atoms with Crippen LogP contribution in [0.5, 0.6) is 5.75 Å². The van der Waals surface area contributed by atoms with Crippen molar-refractivity contribution in [3.63, 3.8) is 0 Å². The fourth-order valence-corrected chi connectivity index (χ4v) is 2.00. The van der Waals surface area contributed by atoms with Gasteiger partial charge in [-0.25, -0.2) is 0 Å². The molecule has 94 valence electrons. The molecule has 1 aliphatic rings. The van der Waals surface area contributed by atoms with Gasteiger partial charge in [0.15, 0.2) is 0 Å². The largest absolute Gasteiger partial charge is 0.491 e. The summed E-state index contributed by atoms with van der Waals surface area (Å²) in [6.07, 6.45) is 2.85. The summed E-state index contributed by atoms with van der Waals surface area (Å²) in [6.45, 7) is 7.00. The van der Waals surface area contributed by atoms with E-state index in [1.807, 2.05) is 12.1 Å². The third-order valence-electron chi connectivity index (χ3n) is 3.51. The summed E-state index contributed by atoms with van der Waals surface area (Å²) in [7, 11) is 0. The Bertz CT molecular complexity index is 369. The molecule has 1 N–H and O–H groups in total. The molecule has 0 radical (unpaired) electrons. The van der Waals surface area contributed by atoms with Crippen LogP contribution in [0.15, 0.2) is 24.3 Å². The van der Waals surface area contributed by atoms with Crippen LogP contribution in [0.1, 0.15) is 45.6 Å². The molecule has 2 nitrogen and oxygen atoms in total. The van der Waals surface area contributed by atoms with Crippen LogP contribution in [-0.4, -0.2) is 17.3 Å². The van der Waals surface area contributed by atoms with Gasteiger partial charge in [-0.15, -0.1) is 0 Å². The first-order chi connectivity index (χ1) is 7.89. The van der Waals surface area contributed by atoms with Crippen molar-refractivity contribution in [2.24, 2.45) is 0 Å². The normalized spacial score (nSPS) is 18.6. The van der Waals surface area contributed by atoms with Crippen LogP contribution in [0.4, 0.5) is 0 Å². The molecule has 0 atom stereocenters. The number of benzene rings is 1. The average molecular weight is 234 g/mol. The number of aliphatic hydroxyl groups is 1. The van der Waals surface area contributed by atoms with Crippen molar-refractivity contribution in [2.45, 2.75) is 51.0 Å². The minimum atomic E-state index is -0.567. The van der Waals surface area contributed by atoms with E-state index in [1.165, 1.54) is 5.56 Å². The highest BCUT2D eigenvalue weighted by Gasteiger charge is 2.35. The Labute approximate surface area is 104 Å². The Morgan fingerprint density at radius 2 is 1.76 bits per heavy atom. The van der Waals surface area contributed by atoms with Gasteiger partial charge in [0.1, 0.15) is 12.4 Å². The van der Waals surface area contributed by atoms with Crippen molar-refractivity contribution >= 4 is 0 Å². The van der Waals surface area contributed by atoms with Crippen LogP contribution in [0.3, 0.4) is 0 Å². The van der Waals surface area contributed by atoms with Crippen molar-refractivity contribution in [1.82, 2.24) is 0 Å². The predicted octanol–water partition coefficient (Wildman–Crippen LogP) is 3.28. The summed E-state index contributed by atoms with van der Waals surface area (Å²) >= 11 is 0. The molecule has 0 aliphatic heterocycles. The number of hydrogen-bond acceptors (Lipinski definition) is 2. The molecule has 1 aliphatic carbocycles. The highest BCUT2D eigenvalue weighted by molar-refractivity contribution is 5.31. The van der Waals surface area contributed by atoms with Gasteiger partial charge >= 0.3 is 0 Å². The van der Waals surface area contributed by atoms with Crippen LogP contribution >= 0.6 is 0 Å². The van der Waals surface area contributed by atoms with Gasteiger partial charge in [0.25, 0.3) is 0 Å². The van der Waals surface area contributed by atoms with E-state index in [9.17, 15) is 5.11 Å². The molecule has 1 saturated carbocycles. The third-order valence-corrected chi connectivity index (χ3v) is 3.51. The topological polar surface area (TPSA) is 29.5 Å². The first-order valence-corrected chi connectivity index (χ1v) is 6.35. The zero-order chi connectivity index (χ0) is 12.5. The zero-order valence-electron chi connectivity index (χ0n) is 11.0. The Kier molecular flexibility index (Phi) is 3.17. The molecular formula is C15H22O2. The highest BCUT2D eigenvalue weighted by atomic mass is 16.5. The second-order valence-electron chi connectivity index (χ2n) is 6.14. The second kappa shape index (κ2) is 4.34. The van der Waals surface area contributed by atoms with Gasteiger partial charge in [-0.3, -0.25) is 0 Å². The minimum absolute atomic E-state index is 0.171. The van der Waals surface area contributed by atoms with E-state index in [-0.39, 0.29) is 5.41 Å². The van der Waals surface area contributed by atoms with Crippen LogP contribution in [0.25, 0.3) is 0 Å². The van der Waals surface area contributed by atoms with Crippen LogP contribution in [0, 0.1) is 0 Å². The van der Waals surface area contributed by atoms with Gasteiger partial charge < -0.3 is 9.84 Å². The van der Waals surface area contributed by atoms with Gasteiger partial charge in [0, 0.05) is 0 Å². The molecule has 1 fully saturated rings. The molecule has 17 heavy (non-hydrogen) atoms. The maximum atomic E-state index is 9.93. The Hall–Kier alpha value is -1.02. The SMILES string of the molecule is CC(C)(C)c1ccc(OCC2(O)CCC2)cc1. The van der Waals surface area contributed by atoms with Crippen molar-refractivity contribution in [3.8, 4) is 5.75 Å². The van der Waals surface area contributed by atoms with E-state index < -0.39 is 5.60 Å². The highest BCUT2D eigenvalue weighted by Crippen LogP contribution is 2.32. The van der Waals surface area contributed by atoms with E-state index in [1.54, 1.807) is 0 Å². The summed E-state index contributed by atoms with van der Waals surface area (Å²) in [6, 6.07) is 8.17. The maximum Gasteiger partial charge on any atom is 0.119 e. The summed E-state index contributed by atoms with van der Waals surface area (Å²) in [5, 5.41) is 9.93. The van der Waals surface area contributed by atoms with Gasteiger partial charge in [0.2, 0.25) is 0 Å². The van der Waals surface area contributed by atoms with Gasteiger partial charge in [-0.05, 0) is 42.4 Å². The van der Waals surface area contributed by atoms with Gasteiger partial charge in [0.05, 0.1) is 5.60 Å². The summed E-state index contributed by atoms with van der Waals surface area (Å²) in [4.78, 5) is 0. The molecule has 0 bridgehead atoms.